The van der Waals surface area contributed by atoms with Crippen LogP contribution in [0.2, 0.25) is 0 Å². The Morgan fingerprint density at radius 3 is 2.28 bits per heavy atom. The van der Waals surface area contributed by atoms with E-state index in [0.717, 1.165) is 22.6 Å². The van der Waals surface area contributed by atoms with Crippen LogP contribution in [0.4, 0.5) is 0 Å². The minimum atomic E-state index is -0.711. The molecule has 2 aromatic carbocycles. The number of hydrogen-bond acceptors (Lipinski definition) is 3. The number of benzene rings is 2. The summed E-state index contributed by atoms with van der Waals surface area (Å²) in [5.74, 6) is 2.12. The van der Waals surface area contributed by atoms with Crippen LogP contribution in [0.25, 0.3) is 0 Å². The lowest BCUT2D eigenvalue weighted by molar-refractivity contribution is -0.128. The van der Waals surface area contributed by atoms with E-state index in [4.69, 9.17) is 9.15 Å². The third-order valence-corrected chi connectivity index (χ3v) is 3.93. The van der Waals surface area contributed by atoms with Crippen LogP contribution in [0.15, 0.2) is 71.1 Å². The first-order valence-corrected chi connectivity index (χ1v) is 8.24. The van der Waals surface area contributed by atoms with Gasteiger partial charge in [-0.2, -0.15) is 0 Å². The average molecular weight is 335 g/mol. The van der Waals surface area contributed by atoms with Crippen molar-refractivity contribution < 1.29 is 13.9 Å². The molecule has 1 unspecified atom stereocenters. The first-order chi connectivity index (χ1) is 12.1. The van der Waals surface area contributed by atoms with E-state index in [1.54, 1.807) is 0 Å². The molecule has 4 nitrogen and oxygen atoms in total. The quantitative estimate of drug-likeness (QED) is 0.729. The predicted octanol–water partition coefficient (Wildman–Crippen LogP) is 4.33. The molecule has 1 N–H and O–H groups in total. The number of hydrogen-bond donors (Lipinski definition) is 1. The lowest BCUT2D eigenvalue weighted by Gasteiger charge is -2.19. The Hall–Kier alpha value is -3.01. The Morgan fingerprint density at radius 2 is 1.68 bits per heavy atom. The highest BCUT2D eigenvalue weighted by Crippen LogP contribution is 2.22. The summed E-state index contributed by atoms with van der Waals surface area (Å²) in [7, 11) is 0. The summed E-state index contributed by atoms with van der Waals surface area (Å²) in [5, 5.41) is 2.95. The van der Waals surface area contributed by atoms with Gasteiger partial charge in [-0.1, -0.05) is 48.5 Å². The minimum Gasteiger partial charge on any atom is -0.476 e. The highest BCUT2D eigenvalue weighted by molar-refractivity contribution is 5.82. The van der Waals surface area contributed by atoms with Gasteiger partial charge in [0.25, 0.3) is 5.91 Å². The Bertz CT molecular complexity index is 825. The number of aryl methyl sites for hydroxylation is 2. The first kappa shape index (κ1) is 16.8. The molecule has 3 rings (SSSR count). The molecule has 0 aliphatic rings. The number of rotatable bonds is 6. The Labute approximate surface area is 147 Å². The maximum absolute atomic E-state index is 12.8. The van der Waals surface area contributed by atoms with Gasteiger partial charge in [-0.05, 0) is 32.0 Å². The SMILES string of the molecule is Cc1cc(CNC(=O)C(Oc2ccccc2)c2ccccc2)c(C)o1. The van der Waals surface area contributed by atoms with Crippen LogP contribution in [0.5, 0.6) is 5.75 Å². The largest absolute Gasteiger partial charge is 0.476 e. The summed E-state index contributed by atoms with van der Waals surface area (Å²) >= 11 is 0. The average Bonchev–Trinajstić information content (AvgIpc) is 2.96. The zero-order valence-corrected chi connectivity index (χ0v) is 14.4. The number of para-hydroxylation sites is 1. The van der Waals surface area contributed by atoms with E-state index in [1.165, 1.54) is 0 Å². The molecule has 0 saturated carbocycles. The zero-order chi connectivity index (χ0) is 17.6. The number of carbonyl (C=O) groups excluding carboxylic acids is 1. The zero-order valence-electron chi connectivity index (χ0n) is 14.4. The molecule has 3 aromatic rings. The molecule has 1 atom stereocenters. The molecule has 0 bridgehead atoms. The molecule has 0 fully saturated rings. The van der Waals surface area contributed by atoms with Gasteiger partial charge in [0.05, 0.1) is 0 Å². The highest BCUT2D eigenvalue weighted by Gasteiger charge is 2.22. The molecule has 0 radical (unpaired) electrons. The van der Waals surface area contributed by atoms with Crippen molar-refractivity contribution in [3.63, 3.8) is 0 Å². The first-order valence-electron chi connectivity index (χ1n) is 8.24. The second-order valence-corrected chi connectivity index (χ2v) is 5.88. The van der Waals surface area contributed by atoms with E-state index in [9.17, 15) is 4.79 Å². The molecular weight excluding hydrogens is 314 g/mol. The number of amides is 1. The molecule has 1 aromatic heterocycles. The number of furan rings is 1. The topological polar surface area (TPSA) is 51.5 Å². The van der Waals surface area contributed by atoms with Crippen LogP contribution >= 0.6 is 0 Å². The Balaban J connectivity index is 1.76. The van der Waals surface area contributed by atoms with E-state index in [-0.39, 0.29) is 5.91 Å². The van der Waals surface area contributed by atoms with Crippen LogP contribution in [-0.4, -0.2) is 5.91 Å². The normalized spacial score (nSPS) is 11.8. The predicted molar refractivity (Wildman–Crippen MR) is 96.3 cm³/mol. The van der Waals surface area contributed by atoms with Crippen molar-refractivity contribution in [2.45, 2.75) is 26.5 Å². The summed E-state index contributed by atoms with van der Waals surface area (Å²) in [6, 6.07) is 20.8. The fraction of sp³-hybridized carbons (Fsp3) is 0.190. The lowest BCUT2D eigenvalue weighted by atomic mass is 10.1. The van der Waals surface area contributed by atoms with Crippen LogP contribution in [0.3, 0.4) is 0 Å². The smallest absolute Gasteiger partial charge is 0.266 e. The molecule has 0 aliphatic heterocycles. The van der Waals surface area contributed by atoms with E-state index < -0.39 is 6.10 Å². The maximum atomic E-state index is 12.8. The fourth-order valence-electron chi connectivity index (χ4n) is 2.67. The summed E-state index contributed by atoms with van der Waals surface area (Å²) in [4.78, 5) is 12.8. The van der Waals surface area contributed by atoms with Crippen molar-refractivity contribution in [1.29, 1.82) is 0 Å². The van der Waals surface area contributed by atoms with Crippen LogP contribution in [-0.2, 0) is 11.3 Å². The van der Waals surface area contributed by atoms with E-state index in [1.807, 2.05) is 80.6 Å². The summed E-state index contributed by atoms with van der Waals surface area (Å²) < 4.78 is 11.5. The van der Waals surface area contributed by atoms with E-state index in [0.29, 0.717) is 12.3 Å². The summed E-state index contributed by atoms with van der Waals surface area (Å²) in [6.07, 6.45) is -0.711. The van der Waals surface area contributed by atoms with E-state index in [2.05, 4.69) is 5.32 Å². The number of carbonyl (C=O) groups is 1. The molecule has 0 aliphatic carbocycles. The molecule has 25 heavy (non-hydrogen) atoms. The van der Waals surface area contributed by atoms with Crippen molar-refractivity contribution in [3.8, 4) is 5.75 Å². The lowest BCUT2D eigenvalue weighted by Crippen LogP contribution is -2.32. The minimum absolute atomic E-state index is 0.187. The maximum Gasteiger partial charge on any atom is 0.266 e. The van der Waals surface area contributed by atoms with Gasteiger partial charge < -0.3 is 14.5 Å². The van der Waals surface area contributed by atoms with Gasteiger partial charge in [0, 0.05) is 17.7 Å². The molecular formula is C21H21NO3. The summed E-state index contributed by atoms with van der Waals surface area (Å²) in [5.41, 5.74) is 1.78. The fourth-order valence-corrected chi connectivity index (χ4v) is 2.67. The van der Waals surface area contributed by atoms with Crippen LogP contribution < -0.4 is 10.1 Å². The number of ether oxygens (including phenoxy) is 1. The number of nitrogens with one attached hydrogen (secondary N) is 1. The third-order valence-electron chi connectivity index (χ3n) is 3.93. The molecule has 0 spiro atoms. The van der Waals surface area contributed by atoms with Gasteiger partial charge in [-0.15, -0.1) is 0 Å². The third kappa shape index (κ3) is 4.29. The monoisotopic (exact) mass is 335 g/mol. The highest BCUT2D eigenvalue weighted by atomic mass is 16.5. The van der Waals surface area contributed by atoms with Gasteiger partial charge in [-0.3, -0.25) is 4.79 Å². The standard InChI is InChI=1S/C21H21NO3/c1-15-13-18(16(2)24-15)14-22-21(23)20(17-9-5-3-6-10-17)25-19-11-7-4-8-12-19/h3-13,20H,14H2,1-2H3,(H,22,23). The van der Waals surface area contributed by atoms with Crippen molar-refractivity contribution >= 4 is 5.91 Å². The Morgan fingerprint density at radius 1 is 1.04 bits per heavy atom. The van der Waals surface area contributed by atoms with Crippen molar-refractivity contribution in [2.75, 3.05) is 0 Å². The van der Waals surface area contributed by atoms with Gasteiger partial charge in [-0.25, -0.2) is 0 Å². The van der Waals surface area contributed by atoms with Crippen molar-refractivity contribution in [1.82, 2.24) is 5.32 Å². The second-order valence-electron chi connectivity index (χ2n) is 5.88. The van der Waals surface area contributed by atoms with Crippen molar-refractivity contribution in [2.24, 2.45) is 0 Å². The van der Waals surface area contributed by atoms with Crippen LogP contribution in [0.1, 0.15) is 28.8 Å². The van der Waals surface area contributed by atoms with Gasteiger partial charge in [0.1, 0.15) is 17.3 Å². The van der Waals surface area contributed by atoms with E-state index >= 15 is 0 Å². The molecule has 4 heteroatoms. The molecule has 1 heterocycles. The molecule has 1 amide bonds. The Kier molecular flexibility index (Phi) is 5.19. The van der Waals surface area contributed by atoms with Crippen molar-refractivity contribution in [3.05, 3.63) is 89.4 Å². The summed E-state index contributed by atoms with van der Waals surface area (Å²) in [6.45, 7) is 4.19. The second kappa shape index (κ2) is 7.71. The van der Waals surface area contributed by atoms with Gasteiger partial charge >= 0.3 is 0 Å². The van der Waals surface area contributed by atoms with Crippen LogP contribution in [0, 0.1) is 13.8 Å². The van der Waals surface area contributed by atoms with Gasteiger partial charge in [0.2, 0.25) is 6.10 Å². The van der Waals surface area contributed by atoms with Gasteiger partial charge in [0.15, 0.2) is 0 Å². The molecule has 0 saturated heterocycles. The molecule has 128 valence electrons.